The van der Waals surface area contributed by atoms with Gasteiger partial charge >= 0.3 is 6.03 Å². The number of aryl methyl sites for hydroxylation is 1. The summed E-state index contributed by atoms with van der Waals surface area (Å²) >= 11 is 1.47. The summed E-state index contributed by atoms with van der Waals surface area (Å²) in [4.78, 5) is 29.8. The van der Waals surface area contributed by atoms with Gasteiger partial charge in [0, 0.05) is 24.4 Å². The summed E-state index contributed by atoms with van der Waals surface area (Å²) < 4.78 is 5.48. The van der Waals surface area contributed by atoms with Gasteiger partial charge in [0.15, 0.2) is 4.87 Å². The van der Waals surface area contributed by atoms with Gasteiger partial charge in [-0.05, 0) is 48.4 Å². The van der Waals surface area contributed by atoms with Crippen LogP contribution in [0.15, 0.2) is 66.7 Å². The average Bonchev–Trinajstić information content (AvgIpc) is 3.44. The normalized spacial score (nSPS) is 18.3. The molecule has 182 valence electrons. The van der Waals surface area contributed by atoms with Crippen LogP contribution in [0.3, 0.4) is 0 Å². The average molecular weight is 499 g/mol. The van der Waals surface area contributed by atoms with Gasteiger partial charge in [0.25, 0.3) is 5.91 Å². The first-order valence-electron chi connectivity index (χ1n) is 11.7. The van der Waals surface area contributed by atoms with E-state index in [1.54, 1.807) is 29.0 Å². The van der Waals surface area contributed by atoms with Gasteiger partial charge < -0.3 is 15.0 Å². The maximum absolute atomic E-state index is 14.2. The Morgan fingerprint density at radius 2 is 1.94 bits per heavy atom. The maximum Gasteiger partial charge on any atom is 0.319 e. The van der Waals surface area contributed by atoms with E-state index in [0.717, 1.165) is 27.9 Å². The van der Waals surface area contributed by atoms with E-state index in [-0.39, 0.29) is 11.9 Å². The highest BCUT2D eigenvalue weighted by Crippen LogP contribution is 2.55. The molecule has 0 saturated carbocycles. The molecule has 5 rings (SSSR count). The van der Waals surface area contributed by atoms with E-state index >= 15 is 0 Å². The number of carbonyl (C=O) groups is 2. The summed E-state index contributed by atoms with van der Waals surface area (Å²) in [5.74, 6) is 1.10. The van der Waals surface area contributed by atoms with Crippen LogP contribution < -0.4 is 15.0 Å². The minimum absolute atomic E-state index is 0.165. The van der Waals surface area contributed by atoms with Gasteiger partial charge in [0.1, 0.15) is 5.75 Å². The van der Waals surface area contributed by atoms with Crippen molar-refractivity contribution >= 4 is 29.4 Å². The first-order chi connectivity index (χ1) is 17.5. The van der Waals surface area contributed by atoms with Crippen molar-refractivity contribution in [3.8, 4) is 11.8 Å². The molecule has 0 aliphatic carbocycles. The van der Waals surface area contributed by atoms with Crippen molar-refractivity contribution < 1.29 is 14.3 Å². The third kappa shape index (κ3) is 4.06. The molecule has 0 aromatic heterocycles. The fraction of sp³-hybridized carbons (Fsp3) is 0.250. The number of carbonyl (C=O) groups excluding carboxylic acids is 2. The van der Waals surface area contributed by atoms with Crippen molar-refractivity contribution in [2.75, 3.05) is 24.3 Å². The van der Waals surface area contributed by atoms with Gasteiger partial charge in [-0.25, -0.2) is 4.79 Å². The van der Waals surface area contributed by atoms with Gasteiger partial charge in [-0.2, -0.15) is 5.26 Å². The molecular weight excluding hydrogens is 472 g/mol. The molecule has 3 amide bonds. The predicted octanol–water partition coefficient (Wildman–Crippen LogP) is 4.53. The Balaban J connectivity index is 1.49. The molecule has 2 aliphatic rings. The number of nitriles is 1. The van der Waals surface area contributed by atoms with Crippen LogP contribution >= 0.6 is 11.8 Å². The molecule has 3 aromatic rings. The van der Waals surface area contributed by atoms with Crippen molar-refractivity contribution in [1.29, 1.82) is 5.26 Å². The van der Waals surface area contributed by atoms with E-state index in [0.29, 0.717) is 36.7 Å². The Bertz CT molecular complexity index is 1390. The van der Waals surface area contributed by atoms with Gasteiger partial charge in [-0.1, -0.05) is 42.0 Å². The summed E-state index contributed by atoms with van der Waals surface area (Å²) in [5.41, 5.74) is 5.00. The van der Waals surface area contributed by atoms with Crippen LogP contribution in [0, 0.1) is 18.3 Å². The Hall–Kier alpha value is -3.96. The van der Waals surface area contributed by atoms with Gasteiger partial charge in [0.2, 0.25) is 0 Å². The standard InChI is InChI=1S/C28H26N4O3S/c1-19-5-3-7-21(13-19)17-30-27(34)32-11-12-36-28(32)24-15-23(35-2)9-10-25(24)31(26(28)33)18-22-8-4-6-20(14-22)16-29/h3-10,13-15H,11-12,17-18H2,1-2H3,(H,30,34)/t28-/m0/s1. The van der Waals surface area contributed by atoms with Gasteiger partial charge in [-0.15, -0.1) is 11.8 Å². The monoisotopic (exact) mass is 498 g/mol. The number of methoxy groups -OCH3 is 1. The Morgan fingerprint density at radius 1 is 1.14 bits per heavy atom. The van der Waals surface area contributed by atoms with Crippen molar-refractivity contribution in [2.24, 2.45) is 0 Å². The van der Waals surface area contributed by atoms with Crippen molar-refractivity contribution in [2.45, 2.75) is 24.9 Å². The number of amides is 3. The molecule has 3 aromatic carbocycles. The second-order valence-corrected chi connectivity index (χ2v) is 10.2. The van der Waals surface area contributed by atoms with Crippen LogP contribution in [0.4, 0.5) is 10.5 Å². The largest absolute Gasteiger partial charge is 0.497 e. The van der Waals surface area contributed by atoms with E-state index in [2.05, 4.69) is 11.4 Å². The molecule has 0 bridgehead atoms. The fourth-order valence-corrected chi connectivity index (χ4v) is 6.35. The molecule has 1 saturated heterocycles. The minimum atomic E-state index is -1.17. The van der Waals surface area contributed by atoms with Crippen molar-refractivity contribution in [1.82, 2.24) is 10.2 Å². The van der Waals surface area contributed by atoms with Gasteiger partial charge in [-0.3, -0.25) is 9.69 Å². The van der Waals surface area contributed by atoms with Crippen LogP contribution in [-0.2, 0) is 22.8 Å². The zero-order valence-corrected chi connectivity index (χ0v) is 21.0. The molecule has 7 nitrogen and oxygen atoms in total. The quantitative estimate of drug-likeness (QED) is 0.559. The molecule has 0 radical (unpaired) electrons. The Labute approximate surface area is 214 Å². The van der Waals surface area contributed by atoms with Crippen LogP contribution in [0.1, 0.15) is 27.8 Å². The Morgan fingerprint density at radius 3 is 2.72 bits per heavy atom. The fourth-order valence-electron chi connectivity index (χ4n) is 4.90. The highest BCUT2D eigenvalue weighted by molar-refractivity contribution is 8.01. The van der Waals surface area contributed by atoms with Crippen molar-refractivity contribution in [3.63, 3.8) is 0 Å². The number of nitrogens with zero attached hydrogens (tertiary/aromatic N) is 3. The number of urea groups is 1. The number of thioether (sulfide) groups is 1. The van der Waals surface area contributed by atoms with Crippen LogP contribution in [0.5, 0.6) is 5.75 Å². The number of benzene rings is 3. The van der Waals surface area contributed by atoms with Crippen LogP contribution in [-0.4, -0.2) is 36.2 Å². The van der Waals surface area contributed by atoms with E-state index in [9.17, 15) is 14.9 Å². The molecule has 1 N–H and O–H groups in total. The zero-order valence-electron chi connectivity index (χ0n) is 20.2. The lowest BCUT2D eigenvalue weighted by Gasteiger charge is -2.33. The molecule has 2 aliphatic heterocycles. The third-order valence-electron chi connectivity index (χ3n) is 6.57. The van der Waals surface area contributed by atoms with E-state index in [1.807, 2.05) is 61.5 Å². The Kier molecular flexibility index (Phi) is 6.33. The molecule has 1 atom stereocenters. The highest BCUT2D eigenvalue weighted by Gasteiger charge is 2.59. The lowest BCUT2D eigenvalue weighted by Crippen LogP contribution is -2.53. The molecule has 8 heteroatoms. The minimum Gasteiger partial charge on any atom is -0.497 e. The summed E-state index contributed by atoms with van der Waals surface area (Å²) in [6.45, 7) is 3.14. The second-order valence-electron chi connectivity index (χ2n) is 8.88. The zero-order chi connectivity index (χ0) is 25.3. The van der Waals surface area contributed by atoms with E-state index in [1.165, 1.54) is 11.8 Å². The van der Waals surface area contributed by atoms with E-state index in [4.69, 9.17) is 4.74 Å². The SMILES string of the molecule is COc1ccc2c(c1)[C@]1(SCCN1C(=O)NCc1cccc(C)c1)C(=O)N2Cc1cccc(C#N)c1. The summed E-state index contributed by atoms with van der Waals surface area (Å²) in [5, 5.41) is 12.3. The van der Waals surface area contributed by atoms with Crippen molar-refractivity contribution in [3.05, 3.63) is 94.5 Å². The summed E-state index contributed by atoms with van der Waals surface area (Å²) in [6, 6.07) is 22.7. The number of rotatable bonds is 5. The highest BCUT2D eigenvalue weighted by atomic mass is 32.2. The number of hydrogen-bond donors (Lipinski definition) is 1. The number of hydrogen-bond acceptors (Lipinski definition) is 5. The van der Waals surface area contributed by atoms with Gasteiger partial charge in [0.05, 0.1) is 31.0 Å². The molecule has 0 unspecified atom stereocenters. The lowest BCUT2D eigenvalue weighted by atomic mass is 10.1. The summed E-state index contributed by atoms with van der Waals surface area (Å²) in [6.07, 6.45) is 0. The first kappa shape index (κ1) is 23.8. The van der Waals surface area contributed by atoms with Crippen LogP contribution in [0.2, 0.25) is 0 Å². The molecule has 2 heterocycles. The number of nitrogens with one attached hydrogen (secondary N) is 1. The molecule has 1 fully saturated rings. The molecule has 36 heavy (non-hydrogen) atoms. The molecule has 1 spiro atoms. The predicted molar refractivity (Wildman–Crippen MR) is 140 cm³/mol. The molecular formula is C28H26N4O3S. The third-order valence-corrected chi connectivity index (χ3v) is 7.99. The van der Waals surface area contributed by atoms with Crippen LogP contribution in [0.25, 0.3) is 0 Å². The van der Waals surface area contributed by atoms with E-state index < -0.39 is 4.87 Å². The first-order valence-corrected chi connectivity index (χ1v) is 12.7. The lowest BCUT2D eigenvalue weighted by molar-refractivity contribution is -0.123. The maximum atomic E-state index is 14.2. The number of fused-ring (bicyclic) bond motifs is 2. The number of anilines is 1. The smallest absolute Gasteiger partial charge is 0.319 e. The number of ether oxygens (including phenoxy) is 1. The summed E-state index contributed by atoms with van der Waals surface area (Å²) in [7, 11) is 1.59. The second kappa shape index (κ2) is 9.59. The topological polar surface area (TPSA) is 85.7 Å².